The van der Waals surface area contributed by atoms with Crippen molar-refractivity contribution in [2.45, 2.75) is 39.8 Å². The Morgan fingerprint density at radius 3 is 2.53 bits per heavy atom. The highest BCUT2D eigenvalue weighted by Crippen LogP contribution is 2.12. The predicted octanol–water partition coefficient (Wildman–Crippen LogP) is 2.98. The van der Waals surface area contributed by atoms with E-state index in [1.807, 2.05) is 19.1 Å². The molecule has 2 heteroatoms. The third-order valence-electron chi connectivity index (χ3n) is 2.31. The van der Waals surface area contributed by atoms with Crippen molar-refractivity contribution in [1.29, 1.82) is 0 Å². The van der Waals surface area contributed by atoms with E-state index in [1.54, 1.807) is 0 Å². The van der Waals surface area contributed by atoms with Gasteiger partial charge >= 0.3 is 0 Å². The van der Waals surface area contributed by atoms with Gasteiger partial charge in [0.2, 0.25) is 0 Å². The summed E-state index contributed by atoms with van der Waals surface area (Å²) in [5.74, 6) is 6.74. The molecule has 0 saturated carbocycles. The van der Waals surface area contributed by atoms with Crippen LogP contribution in [0.5, 0.6) is 5.75 Å². The molecule has 0 spiro atoms. The second-order valence-electron chi connectivity index (χ2n) is 4.20. The molecular weight excluding hydrogens is 210 g/mol. The molecule has 0 fully saturated rings. The van der Waals surface area contributed by atoms with Crippen LogP contribution >= 0.6 is 0 Å². The molecule has 0 heterocycles. The van der Waals surface area contributed by atoms with Crippen molar-refractivity contribution >= 4 is 0 Å². The molecule has 0 aromatic heterocycles. The molecule has 1 N–H and O–H groups in total. The third-order valence-corrected chi connectivity index (χ3v) is 2.31. The highest BCUT2D eigenvalue weighted by atomic mass is 16.5. The summed E-state index contributed by atoms with van der Waals surface area (Å²) in [7, 11) is 0. The highest BCUT2D eigenvalue weighted by molar-refractivity contribution is 5.27. The molecular formula is C15H21NO. The van der Waals surface area contributed by atoms with E-state index in [2.05, 4.69) is 43.1 Å². The van der Waals surface area contributed by atoms with Crippen LogP contribution < -0.4 is 10.1 Å². The Balaban J connectivity index is 2.35. The number of hydrogen-bond acceptors (Lipinski definition) is 2. The summed E-state index contributed by atoms with van der Waals surface area (Å²) in [5, 5.41) is 3.38. The first-order valence-corrected chi connectivity index (χ1v) is 6.07. The number of ether oxygens (including phenoxy) is 1. The van der Waals surface area contributed by atoms with Gasteiger partial charge in [0.15, 0.2) is 0 Å². The van der Waals surface area contributed by atoms with Crippen LogP contribution in [-0.4, -0.2) is 12.6 Å². The minimum absolute atomic E-state index is 0.513. The van der Waals surface area contributed by atoms with Gasteiger partial charge < -0.3 is 10.1 Å². The monoisotopic (exact) mass is 231 g/mol. The van der Waals surface area contributed by atoms with E-state index in [0.717, 1.165) is 18.7 Å². The Morgan fingerprint density at radius 1 is 1.24 bits per heavy atom. The van der Waals surface area contributed by atoms with Crippen LogP contribution in [0.3, 0.4) is 0 Å². The minimum Gasteiger partial charge on any atom is -0.493 e. The average Bonchev–Trinajstić information content (AvgIpc) is 2.33. The maximum absolute atomic E-state index is 5.57. The summed E-state index contributed by atoms with van der Waals surface area (Å²) >= 11 is 0. The van der Waals surface area contributed by atoms with Gasteiger partial charge in [-0.05, 0) is 24.6 Å². The molecule has 0 radical (unpaired) electrons. The third kappa shape index (κ3) is 5.99. The van der Waals surface area contributed by atoms with Gasteiger partial charge in [0.05, 0.1) is 6.61 Å². The predicted molar refractivity (Wildman–Crippen MR) is 72.0 cm³/mol. The first kappa shape index (κ1) is 13.6. The van der Waals surface area contributed by atoms with Crippen LogP contribution in [0.1, 0.15) is 32.8 Å². The van der Waals surface area contributed by atoms with Gasteiger partial charge in [0.25, 0.3) is 0 Å². The number of nitrogens with one attached hydrogen (secondary N) is 1. The maximum atomic E-state index is 5.57. The van der Waals surface area contributed by atoms with Crippen LogP contribution in [-0.2, 0) is 6.54 Å². The summed E-state index contributed by atoms with van der Waals surface area (Å²) in [4.78, 5) is 0. The second-order valence-corrected chi connectivity index (χ2v) is 4.20. The Kier molecular flexibility index (Phi) is 6.21. The van der Waals surface area contributed by atoms with E-state index in [9.17, 15) is 0 Å². The standard InChI is InChI=1S/C15H21NO/c1-4-5-6-11-17-15-9-7-14(8-10-15)12-16-13(2)3/h7-10,13,16H,6,11-12H2,1-3H3. The Morgan fingerprint density at radius 2 is 1.94 bits per heavy atom. The van der Waals surface area contributed by atoms with E-state index in [4.69, 9.17) is 4.74 Å². The van der Waals surface area contributed by atoms with Gasteiger partial charge in [-0.25, -0.2) is 0 Å². The molecule has 92 valence electrons. The zero-order chi connectivity index (χ0) is 12.5. The number of hydrogen-bond donors (Lipinski definition) is 1. The number of benzene rings is 1. The average molecular weight is 231 g/mol. The Hall–Kier alpha value is -1.46. The molecule has 0 aliphatic heterocycles. The molecule has 1 aromatic carbocycles. The molecule has 0 atom stereocenters. The second kappa shape index (κ2) is 7.76. The molecule has 0 aliphatic carbocycles. The lowest BCUT2D eigenvalue weighted by molar-refractivity contribution is 0.327. The summed E-state index contributed by atoms with van der Waals surface area (Å²) in [5.41, 5.74) is 1.28. The lowest BCUT2D eigenvalue weighted by atomic mass is 10.2. The topological polar surface area (TPSA) is 21.3 Å². The van der Waals surface area contributed by atoms with Gasteiger partial charge in [-0.15, -0.1) is 11.8 Å². The molecule has 1 rings (SSSR count). The van der Waals surface area contributed by atoms with Gasteiger partial charge in [-0.2, -0.15) is 0 Å². The highest BCUT2D eigenvalue weighted by Gasteiger charge is 1.96. The van der Waals surface area contributed by atoms with Crippen molar-refractivity contribution in [3.63, 3.8) is 0 Å². The van der Waals surface area contributed by atoms with Gasteiger partial charge in [0, 0.05) is 19.0 Å². The smallest absolute Gasteiger partial charge is 0.119 e. The fourth-order valence-electron chi connectivity index (χ4n) is 1.37. The fourth-order valence-corrected chi connectivity index (χ4v) is 1.37. The number of rotatable bonds is 6. The normalized spacial score (nSPS) is 9.88. The fraction of sp³-hybridized carbons (Fsp3) is 0.467. The molecule has 0 aliphatic rings. The quantitative estimate of drug-likeness (QED) is 0.600. The van der Waals surface area contributed by atoms with Crippen molar-refractivity contribution in [2.75, 3.05) is 6.61 Å². The van der Waals surface area contributed by atoms with Crippen LogP contribution in [0.2, 0.25) is 0 Å². The molecule has 2 nitrogen and oxygen atoms in total. The lowest BCUT2D eigenvalue weighted by Crippen LogP contribution is -2.21. The zero-order valence-corrected chi connectivity index (χ0v) is 10.9. The van der Waals surface area contributed by atoms with E-state index in [-0.39, 0.29) is 0 Å². The van der Waals surface area contributed by atoms with Gasteiger partial charge in [-0.1, -0.05) is 26.0 Å². The summed E-state index contributed by atoms with van der Waals surface area (Å²) in [6, 6.07) is 8.72. The van der Waals surface area contributed by atoms with E-state index >= 15 is 0 Å². The molecule has 1 aromatic rings. The summed E-state index contributed by atoms with van der Waals surface area (Å²) in [6.45, 7) is 7.69. The van der Waals surface area contributed by atoms with Crippen molar-refractivity contribution < 1.29 is 4.74 Å². The van der Waals surface area contributed by atoms with E-state index in [0.29, 0.717) is 12.6 Å². The molecule has 0 bridgehead atoms. The summed E-state index contributed by atoms with van der Waals surface area (Å²) < 4.78 is 5.57. The van der Waals surface area contributed by atoms with Gasteiger partial charge in [-0.3, -0.25) is 0 Å². The van der Waals surface area contributed by atoms with Crippen molar-refractivity contribution in [3.8, 4) is 17.6 Å². The van der Waals surface area contributed by atoms with Crippen LogP contribution in [0.4, 0.5) is 0 Å². The first-order valence-electron chi connectivity index (χ1n) is 6.07. The van der Waals surface area contributed by atoms with Crippen molar-refractivity contribution in [1.82, 2.24) is 5.32 Å². The van der Waals surface area contributed by atoms with E-state index < -0.39 is 0 Å². The Bertz CT molecular complexity index is 370. The molecule has 0 saturated heterocycles. The van der Waals surface area contributed by atoms with Crippen LogP contribution in [0.25, 0.3) is 0 Å². The van der Waals surface area contributed by atoms with E-state index in [1.165, 1.54) is 5.56 Å². The van der Waals surface area contributed by atoms with Crippen LogP contribution in [0.15, 0.2) is 24.3 Å². The maximum Gasteiger partial charge on any atom is 0.119 e. The van der Waals surface area contributed by atoms with Crippen molar-refractivity contribution in [2.24, 2.45) is 0 Å². The first-order chi connectivity index (χ1) is 8.22. The summed E-state index contributed by atoms with van der Waals surface area (Å²) in [6.07, 6.45) is 0.785. The Labute approximate surface area is 104 Å². The molecule has 0 amide bonds. The van der Waals surface area contributed by atoms with Crippen LogP contribution in [0, 0.1) is 11.8 Å². The minimum atomic E-state index is 0.513. The van der Waals surface area contributed by atoms with Gasteiger partial charge in [0.1, 0.15) is 5.75 Å². The molecule has 0 unspecified atom stereocenters. The van der Waals surface area contributed by atoms with Crippen molar-refractivity contribution in [3.05, 3.63) is 29.8 Å². The molecule has 17 heavy (non-hydrogen) atoms. The zero-order valence-electron chi connectivity index (χ0n) is 10.9. The SMILES string of the molecule is CC#CCCOc1ccc(CNC(C)C)cc1. The largest absolute Gasteiger partial charge is 0.493 e. The lowest BCUT2D eigenvalue weighted by Gasteiger charge is -2.09.